The smallest absolute Gasteiger partial charge is 0.270 e. The van der Waals surface area contributed by atoms with Gasteiger partial charge in [-0.15, -0.1) is 0 Å². The number of ether oxygens (including phenoxy) is 1. The van der Waals surface area contributed by atoms with Crippen LogP contribution >= 0.6 is 0 Å². The molecule has 1 aliphatic carbocycles. The highest BCUT2D eigenvalue weighted by molar-refractivity contribution is 5.93. The van der Waals surface area contributed by atoms with E-state index < -0.39 is 0 Å². The summed E-state index contributed by atoms with van der Waals surface area (Å²) < 4.78 is 7.50. The molecule has 1 saturated heterocycles. The summed E-state index contributed by atoms with van der Waals surface area (Å²) in [5, 5.41) is 7.37. The van der Waals surface area contributed by atoms with E-state index in [-0.39, 0.29) is 30.0 Å². The van der Waals surface area contributed by atoms with Crippen LogP contribution < -0.4 is 5.32 Å². The number of carbonyl (C=O) groups excluding carboxylic acids is 1. The van der Waals surface area contributed by atoms with Crippen molar-refractivity contribution in [3.05, 3.63) is 23.8 Å². The summed E-state index contributed by atoms with van der Waals surface area (Å²) in [5.74, 6) is 0.896. The monoisotopic (exact) mass is 344 g/mol. The van der Waals surface area contributed by atoms with Crippen molar-refractivity contribution < 1.29 is 9.53 Å². The lowest BCUT2D eigenvalue weighted by molar-refractivity contribution is -0.0664. The van der Waals surface area contributed by atoms with Crippen molar-refractivity contribution >= 4 is 11.7 Å². The number of carbonyl (C=O) groups is 1. The molecule has 8 heteroatoms. The van der Waals surface area contributed by atoms with Gasteiger partial charge in [-0.2, -0.15) is 10.1 Å². The van der Waals surface area contributed by atoms with Gasteiger partial charge in [-0.1, -0.05) is 13.8 Å². The van der Waals surface area contributed by atoms with Crippen LogP contribution in [0.4, 0.5) is 0 Å². The maximum absolute atomic E-state index is 12.9. The van der Waals surface area contributed by atoms with Gasteiger partial charge in [-0.25, -0.2) is 9.50 Å². The molecule has 2 fully saturated rings. The lowest BCUT2D eigenvalue weighted by Crippen LogP contribution is -2.69. The van der Waals surface area contributed by atoms with E-state index >= 15 is 0 Å². The molecule has 0 unspecified atom stereocenters. The van der Waals surface area contributed by atoms with Crippen LogP contribution in [-0.2, 0) is 4.74 Å². The second kappa shape index (κ2) is 6.03. The standard InChI is InChI=1S/C17H24N6O2/c1-9(2)12-7-11(20-17-18-8-19-23(12)17)16(24)21-13-10-5-6-25-15(10)14(13)22(3)4/h7-10,13-15H,5-6H2,1-4H3,(H,21,24)/t10-,13+,14-,15-/m1/s1. The Morgan fingerprint density at radius 1 is 1.44 bits per heavy atom. The Morgan fingerprint density at radius 2 is 2.24 bits per heavy atom. The summed E-state index contributed by atoms with van der Waals surface area (Å²) in [6.45, 7) is 4.90. The number of rotatable bonds is 4. The molecule has 1 N–H and O–H groups in total. The molecule has 0 spiro atoms. The van der Waals surface area contributed by atoms with Crippen molar-refractivity contribution in [3.8, 4) is 0 Å². The topological polar surface area (TPSA) is 84.6 Å². The Morgan fingerprint density at radius 3 is 2.96 bits per heavy atom. The van der Waals surface area contributed by atoms with Gasteiger partial charge in [0.05, 0.1) is 23.9 Å². The second-order valence-electron chi connectivity index (χ2n) is 7.43. The Balaban J connectivity index is 1.60. The fourth-order valence-corrected chi connectivity index (χ4v) is 4.07. The first-order valence-electron chi connectivity index (χ1n) is 8.77. The highest BCUT2D eigenvalue weighted by Crippen LogP contribution is 2.41. The predicted octanol–water partition coefficient (Wildman–Crippen LogP) is 0.695. The highest BCUT2D eigenvalue weighted by atomic mass is 16.5. The van der Waals surface area contributed by atoms with Crippen LogP contribution in [0.15, 0.2) is 12.4 Å². The number of nitrogens with one attached hydrogen (secondary N) is 1. The fraction of sp³-hybridized carbons (Fsp3) is 0.647. The maximum atomic E-state index is 12.9. The molecule has 4 atom stereocenters. The molecule has 0 radical (unpaired) electrons. The Labute approximate surface area is 146 Å². The Hall–Kier alpha value is -2.06. The Bertz CT molecular complexity index is 802. The summed E-state index contributed by atoms with van der Waals surface area (Å²) in [6.07, 6.45) is 2.68. The summed E-state index contributed by atoms with van der Waals surface area (Å²) in [4.78, 5) is 23.5. The summed E-state index contributed by atoms with van der Waals surface area (Å²) in [6, 6.07) is 2.11. The average molecular weight is 344 g/mol. The van der Waals surface area contributed by atoms with Gasteiger partial charge in [-0.3, -0.25) is 4.79 Å². The van der Waals surface area contributed by atoms with E-state index in [0.29, 0.717) is 17.4 Å². The minimum absolute atomic E-state index is 0.0911. The van der Waals surface area contributed by atoms with Gasteiger partial charge < -0.3 is 15.0 Å². The zero-order valence-electron chi connectivity index (χ0n) is 15.0. The van der Waals surface area contributed by atoms with Gasteiger partial charge in [-0.05, 0) is 32.5 Å². The number of hydrogen-bond acceptors (Lipinski definition) is 6. The van der Waals surface area contributed by atoms with Gasteiger partial charge in [0.15, 0.2) is 0 Å². The molecule has 1 aliphatic heterocycles. The number of nitrogens with zero attached hydrogens (tertiary/aromatic N) is 5. The zero-order chi connectivity index (χ0) is 17.7. The van der Waals surface area contributed by atoms with Gasteiger partial charge in [0.2, 0.25) is 0 Å². The van der Waals surface area contributed by atoms with Crippen molar-refractivity contribution in [2.24, 2.45) is 5.92 Å². The second-order valence-corrected chi connectivity index (χ2v) is 7.43. The quantitative estimate of drug-likeness (QED) is 0.879. The molecule has 134 valence electrons. The molecular formula is C17H24N6O2. The first-order chi connectivity index (χ1) is 12.0. The third-order valence-corrected chi connectivity index (χ3v) is 5.35. The lowest BCUT2D eigenvalue weighted by Gasteiger charge is -2.50. The van der Waals surface area contributed by atoms with Crippen LogP contribution in [0.3, 0.4) is 0 Å². The van der Waals surface area contributed by atoms with Crippen LogP contribution in [0.5, 0.6) is 0 Å². The average Bonchev–Trinajstić information content (AvgIpc) is 3.17. The van der Waals surface area contributed by atoms with Gasteiger partial charge in [0.25, 0.3) is 11.7 Å². The zero-order valence-corrected chi connectivity index (χ0v) is 15.0. The molecule has 1 amide bonds. The van der Waals surface area contributed by atoms with E-state index in [1.54, 1.807) is 4.52 Å². The normalized spacial score (nSPS) is 28.4. The summed E-state index contributed by atoms with van der Waals surface area (Å²) in [7, 11) is 4.05. The molecule has 2 aliphatic rings. The lowest BCUT2D eigenvalue weighted by atomic mass is 9.71. The number of amides is 1. The van der Waals surface area contributed by atoms with Gasteiger partial charge >= 0.3 is 0 Å². The van der Waals surface area contributed by atoms with Crippen molar-refractivity contribution in [1.82, 2.24) is 29.8 Å². The first-order valence-corrected chi connectivity index (χ1v) is 8.77. The van der Waals surface area contributed by atoms with E-state index in [2.05, 4.69) is 39.1 Å². The molecule has 3 heterocycles. The number of fused-ring (bicyclic) bond motifs is 2. The minimum atomic E-state index is -0.158. The molecular weight excluding hydrogens is 320 g/mol. The molecule has 4 rings (SSSR count). The van der Waals surface area contributed by atoms with Gasteiger partial charge in [0.1, 0.15) is 12.0 Å². The van der Waals surface area contributed by atoms with Crippen LogP contribution in [0.1, 0.15) is 42.4 Å². The largest absolute Gasteiger partial charge is 0.376 e. The molecule has 25 heavy (non-hydrogen) atoms. The van der Waals surface area contributed by atoms with Crippen LogP contribution in [0.2, 0.25) is 0 Å². The van der Waals surface area contributed by atoms with Crippen molar-refractivity contribution in [1.29, 1.82) is 0 Å². The third-order valence-electron chi connectivity index (χ3n) is 5.35. The van der Waals surface area contributed by atoms with Crippen LogP contribution in [0, 0.1) is 5.92 Å². The van der Waals surface area contributed by atoms with Crippen molar-refractivity contribution in [2.45, 2.75) is 44.4 Å². The SMILES string of the molecule is CC(C)c1cc(C(=O)N[C@H]2[C@H]3CCO[C@H]3[C@@H]2N(C)C)nc2ncnn12. The summed E-state index contributed by atoms with van der Waals surface area (Å²) in [5.41, 5.74) is 1.32. The number of aromatic nitrogens is 4. The first kappa shape index (κ1) is 16.4. The van der Waals surface area contributed by atoms with E-state index in [4.69, 9.17) is 4.74 Å². The van der Waals surface area contributed by atoms with Crippen LogP contribution in [0.25, 0.3) is 5.78 Å². The molecule has 8 nitrogen and oxygen atoms in total. The van der Waals surface area contributed by atoms with Crippen molar-refractivity contribution in [2.75, 3.05) is 20.7 Å². The molecule has 2 aromatic heterocycles. The highest BCUT2D eigenvalue weighted by Gasteiger charge is 2.55. The van der Waals surface area contributed by atoms with E-state index in [9.17, 15) is 4.79 Å². The van der Waals surface area contributed by atoms with E-state index in [1.807, 2.05) is 20.2 Å². The van der Waals surface area contributed by atoms with Crippen LogP contribution in [-0.4, -0.2) is 69.3 Å². The molecule has 1 saturated carbocycles. The molecule has 0 aromatic carbocycles. The van der Waals surface area contributed by atoms with E-state index in [0.717, 1.165) is 18.7 Å². The molecule has 2 aromatic rings. The predicted molar refractivity (Wildman–Crippen MR) is 91.4 cm³/mol. The van der Waals surface area contributed by atoms with E-state index in [1.165, 1.54) is 6.33 Å². The fourth-order valence-electron chi connectivity index (χ4n) is 4.07. The maximum Gasteiger partial charge on any atom is 0.270 e. The molecule has 0 bridgehead atoms. The third kappa shape index (κ3) is 2.60. The van der Waals surface area contributed by atoms with Gasteiger partial charge in [0, 0.05) is 12.5 Å². The number of likely N-dealkylation sites (N-methyl/N-ethyl adjacent to an activating group) is 1. The van der Waals surface area contributed by atoms with Crippen molar-refractivity contribution in [3.63, 3.8) is 0 Å². The number of hydrogen-bond donors (Lipinski definition) is 1. The Kier molecular flexibility index (Phi) is 3.96. The summed E-state index contributed by atoms with van der Waals surface area (Å²) >= 11 is 0. The minimum Gasteiger partial charge on any atom is -0.376 e.